The van der Waals surface area contributed by atoms with Crippen molar-refractivity contribution in [2.24, 2.45) is 0 Å². The monoisotopic (exact) mass is 132 g/mol. The molecule has 0 heterocycles. The third-order valence-corrected chi connectivity index (χ3v) is 0.656. The molecule has 0 saturated heterocycles. The maximum Gasteiger partial charge on any atom is 0.305 e. The molecule has 0 unspecified atom stereocenters. The van der Waals surface area contributed by atoms with Crippen molar-refractivity contribution in [3.63, 3.8) is 0 Å². The smallest absolute Gasteiger partial charge is 0.305 e. The highest BCUT2D eigenvalue weighted by Crippen LogP contribution is 1.90. The summed E-state index contributed by atoms with van der Waals surface area (Å²) < 4.78 is 4.76. The molecule has 0 amide bonds. The van der Waals surface area contributed by atoms with Crippen molar-refractivity contribution >= 4 is 5.97 Å². The molecule has 0 bridgehead atoms. The Hall–Kier alpha value is -0.530. The molecule has 0 atom stereocenters. The molecule has 0 fully saturated rings. The first-order chi connectivity index (χ1) is 3.66. The molecular formula is C7H16O2. The van der Waals surface area contributed by atoms with Gasteiger partial charge in [-0.3, -0.25) is 4.79 Å². The molecule has 0 radical (unpaired) electrons. The maximum absolute atomic E-state index is 10.4. The molecule has 2 heteroatoms. The van der Waals surface area contributed by atoms with Crippen molar-refractivity contribution in [2.45, 2.75) is 40.7 Å². The molecule has 0 saturated carbocycles. The third-order valence-electron chi connectivity index (χ3n) is 0.656. The highest BCUT2D eigenvalue weighted by Gasteiger charge is 1.98. The summed E-state index contributed by atoms with van der Waals surface area (Å²) in [6.45, 7) is 5.46. The number of ether oxygens (including phenoxy) is 1. The summed E-state index contributed by atoms with van der Waals surface area (Å²) in [5, 5.41) is 0. The lowest BCUT2D eigenvalue weighted by Gasteiger charge is -2.04. The first kappa shape index (κ1) is 11.3. The molecule has 0 aromatic rings. The van der Waals surface area contributed by atoms with E-state index in [0.29, 0.717) is 6.42 Å². The second-order valence-corrected chi connectivity index (χ2v) is 1.89. The number of hydrogen-bond acceptors (Lipinski definition) is 2. The minimum absolute atomic E-state index is 0. The Morgan fingerprint density at radius 3 is 2.11 bits per heavy atom. The van der Waals surface area contributed by atoms with Gasteiger partial charge in [-0.2, -0.15) is 0 Å². The van der Waals surface area contributed by atoms with Gasteiger partial charge in [-0.25, -0.2) is 0 Å². The van der Waals surface area contributed by atoms with Gasteiger partial charge >= 0.3 is 5.97 Å². The highest BCUT2D eigenvalue weighted by atomic mass is 16.5. The molecule has 0 rings (SSSR count). The molecule has 0 aliphatic heterocycles. The van der Waals surface area contributed by atoms with Gasteiger partial charge in [0, 0.05) is 6.42 Å². The normalized spacial score (nSPS) is 8.44. The fourth-order valence-corrected chi connectivity index (χ4v) is 0.346. The van der Waals surface area contributed by atoms with E-state index in [2.05, 4.69) is 0 Å². The molecule has 0 aliphatic rings. The molecular weight excluding hydrogens is 116 g/mol. The predicted octanol–water partition coefficient (Wildman–Crippen LogP) is 1.98. The van der Waals surface area contributed by atoms with E-state index >= 15 is 0 Å². The van der Waals surface area contributed by atoms with Gasteiger partial charge in [0.25, 0.3) is 0 Å². The molecule has 56 valence electrons. The highest BCUT2D eigenvalue weighted by molar-refractivity contribution is 5.68. The lowest BCUT2D eigenvalue weighted by atomic mass is 10.4. The zero-order valence-corrected chi connectivity index (χ0v) is 5.60. The van der Waals surface area contributed by atoms with Gasteiger partial charge in [-0.1, -0.05) is 14.4 Å². The lowest BCUT2D eigenvalue weighted by molar-refractivity contribution is -0.146. The molecule has 9 heavy (non-hydrogen) atoms. The topological polar surface area (TPSA) is 26.3 Å². The number of carbonyl (C=O) groups is 1. The Morgan fingerprint density at radius 1 is 1.56 bits per heavy atom. The average molecular weight is 132 g/mol. The second-order valence-electron chi connectivity index (χ2n) is 1.89. The average Bonchev–Trinajstić information content (AvgIpc) is 1.65. The predicted molar refractivity (Wildman–Crippen MR) is 38.2 cm³/mol. The lowest BCUT2D eigenvalue weighted by Crippen LogP contribution is -2.09. The van der Waals surface area contributed by atoms with Crippen LogP contribution in [-0.2, 0) is 9.53 Å². The van der Waals surface area contributed by atoms with Crippen molar-refractivity contribution < 1.29 is 9.53 Å². The first-order valence-corrected chi connectivity index (χ1v) is 2.86. The van der Waals surface area contributed by atoms with Crippen LogP contribution in [0.2, 0.25) is 0 Å². The van der Waals surface area contributed by atoms with Crippen LogP contribution in [0.5, 0.6) is 0 Å². The standard InChI is InChI=1S/C6H12O2.CH4/c1-4-6(7)8-5(2)3;/h5H,4H2,1-3H3;1H4. The van der Waals surface area contributed by atoms with Crippen LogP contribution in [0.1, 0.15) is 34.6 Å². The van der Waals surface area contributed by atoms with Crippen LogP contribution in [0.25, 0.3) is 0 Å². The summed E-state index contributed by atoms with van der Waals surface area (Å²) >= 11 is 0. The Kier molecular flexibility index (Phi) is 7.03. The van der Waals surface area contributed by atoms with Gasteiger partial charge in [0.15, 0.2) is 0 Å². The number of carbonyl (C=O) groups excluding carboxylic acids is 1. The molecule has 2 nitrogen and oxygen atoms in total. The third kappa shape index (κ3) is 7.47. The van der Waals surface area contributed by atoms with Crippen LogP contribution in [-0.4, -0.2) is 12.1 Å². The van der Waals surface area contributed by atoms with Crippen LogP contribution in [0.15, 0.2) is 0 Å². The van der Waals surface area contributed by atoms with E-state index in [1.54, 1.807) is 6.92 Å². The van der Waals surface area contributed by atoms with Crippen LogP contribution in [0, 0.1) is 0 Å². The van der Waals surface area contributed by atoms with E-state index in [-0.39, 0.29) is 19.5 Å². The molecule has 0 N–H and O–H groups in total. The van der Waals surface area contributed by atoms with Crippen LogP contribution < -0.4 is 0 Å². The summed E-state index contributed by atoms with van der Waals surface area (Å²) in [5.74, 6) is -0.125. The Balaban J connectivity index is 0. The number of hydrogen-bond donors (Lipinski definition) is 0. The summed E-state index contributed by atoms with van der Waals surface area (Å²) in [4.78, 5) is 10.4. The quantitative estimate of drug-likeness (QED) is 0.537. The Morgan fingerprint density at radius 2 is 2.00 bits per heavy atom. The zero-order chi connectivity index (χ0) is 6.57. The van der Waals surface area contributed by atoms with Crippen molar-refractivity contribution in [2.75, 3.05) is 0 Å². The molecule has 0 aromatic heterocycles. The fraction of sp³-hybridized carbons (Fsp3) is 0.857. The van der Waals surface area contributed by atoms with Crippen LogP contribution in [0.4, 0.5) is 0 Å². The SMILES string of the molecule is C.CCC(=O)OC(C)C. The van der Waals surface area contributed by atoms with E-state index < -0.39 is 0 Å². The van der Waals surface area contributed by atoms with Gasteiger partial charge in [-0.15, -0.1) is 0 Å². The van der Waals surface area contributed by atoms with Crippen molar-refractivity contribution in [3.8, 4) is 0 Å². The van der Waals surface area contributed by atoms with Crippen molar-refractivity contribution in [3.05, 3.63) is 0 Å². The second kappa shape index (κ2) is 5.60. The van der Waals surface area contributed by atoms with Gasteiger partial charge in [0.05, 0.1) is 6.10 Å². The molecule has 0 spiro atoms. The van der Waals surface area contributed by atoms with Gasteiger partial charge < -0.3 is 4.74 Å². The number of esters is 1. The zero-order valence-electron chi connectivity index (χ0n) is 5.60. The Labute approximate surface area is 57.2 Å². The maximum atomic E-state index is 10.4. The minimum atomic E-state index is -0.125. The summed E-state index contributed by atoms with van der Waals surface area (Å²) in [6.07, 6.45) is 0.500. The fourth-order valence-electron chi connectivity index (χ4n) is 0.346. The minimum Gasteiger partial charge on any atom is -0.463 e. The largest absolute Gasteiger partial charge is 0.463 e. The van der Waals surface area contributed by atoms with E-state index in [4.69, 9.17) is 4.74 Å². The molecule has 0 aromatic carbocycles. The van der Waals surface area contributed by atoms with Gasteiger partial charge in [-0.05, 0) is 13.8 Å². The van der Waals surface area contributed by atoms with E-state index in [1.807, 2.05) is 13.8 Å². The molecule has 0 aliphatic carbocycles. The van der Waals surface area contributed by atoms with Crippen molar-refractivity contribution in [1.82, 2.24) is 0 Å². The van der Waals surface area contributed by atoms with Crippen molar-refractivity contribution in [1.29, 1.82) is 0 Å². The summed E-state index contributed by atoms with van der Waals surface area (Å²) in [7, 11) is 0. The Bertz CT molecular complexity index is 77.0. The van der Waals surface area contributed by atoms with Gasteiger partial charge in [0.1, 0.15) is 0 Å². The first-order valence-electron chi connectivity index (χ1n) is 2.86. The van der Waals surface area contributed by atoms with E-state index in [1.165, 1.54) is 0 Å². The van der Waals surface area contributed by atoms with Crippen LogP contribution >= 0.6 is 0 Å². The summed E-state index contributed by atoms with van der Waals surface area (Å²) in [6, 6.07) is 0. The van der Waals surface area contributed by atoms with E-state index in [9.17, 15) is 4.79 Å². The number of rotatable bonds is 2. The summed E-state index contributed by atoms with van der Waals surface area (Å²) in [5.41, 5.74) is 0. The van der Waals surface area contributed by atoms with E-state index in [0.717, 1.165) is 0 Å². The van der Waals surface area contributed by atoms with Gasteiger partial charge in [0.2, 0.25) is 0 Å². The van der Waals surface area contributed by atoms with Crippen LogP contribution in [0.3, 0.4) is 0 Å².